The van der Waals surface area contributed by atoms with E-state index in [1.54, 1.807) is 18.3 Å². The molecule has 0 unspecified atom stereocenters. The van der Waals surface area contributed by atoms with Crippen molar-refractivity contribution < 1.29 is 9.47 Å². The standard InChI is InChI=1S/C15H18ClN3O2S/c1-4-7-21-14-12(16)8-11(9-13(14)20-6-3)10-18-19-15(22)17-5-2/h1,8-10H,5-7H2,2-3H3,(H2,17,19,22). The molecule has 22 heavy (non-hydrogen) atoms. The minimum atomic E-state index is 0.117. The fraction of sp³-hybridized carbons (Fsp3) is 0.333. The van der Waals surface area contributed by atoms with Gasteiger partial charge in [0.25, 0.3) is 0 Å². The summed E-state index contributed by atoms with van der Waals surface area (Å²) in [5, 5.41) is 7.80. The summed E-state index contributed by atoms with van der Waals surface area (Å²) in [6, 6.07) is 3.47. The van der Waals surface area contributed by atoms with E-state index < -0.39 is 0 Å². The Morgan fingerprint density at radius 2 is 2.23 bits per heavy atom. The fourth-order valence-corrected chi connectivity index (χ4v) is 2.02. The highest BCUT2D eigenvalue weighted by Gasteiger charge is 2.11. The molecule has 0 aliphatic carbocycles. The van der Waals surface area contributed by atoms with E-state index >= 15 is 0 Å². The van der Waals surface area contributed by atoms with Gasteiger partial charge >= 0.3 is 0 Å². The molecule has 1 rings (SSSR count). The third kappa shape index (κ3) is 5.80. The van der Waals surface area contributed by atoms with Crippen LogP contribution in [0.15, 0.2) is 17.2 Å². The molecule has 0 aliphatic rings. The Morgan fingerprint density at radius 3 is 2.86 bits per heavy atom. The SMILES string of the molecule is C#CCOc1c(Cl)cc(C=NNC(=S)NCC)cc1OCC. The highest BCUT2D eigenvalue weighted by atomic mass is 35.5. The molecule has 0 bridgehead atoms. The molecule has 5 nitrogen and oxygen atoms in total. The van der Waals surface area contributed by atoms with E-state index in [2.05, 4.69) is 21.8 Å². The van der Waals surface area contributed by atoms with Gasteiger partial charge < -0.3 is 14.8 Å². The van der Waals surface area contributed by atoms with Crippen LogP contribution in [0.5, 0.6) is 11.5 Å². The van der Waals surface area contributed by atoms with Crippen molar-refractivity contribution in [1.29, 1.82) is 0 Å². The van der Waals surface area contributed by atoms with Crippen LogP contribution in [0.1, 0.15) is 19.4 Å². The number of hydrazone groups is 1. The van der Waals surface area contributed by atoms with Crippen LogP contribution in [-0.4, -0.2) is 31.1 Å². The molecule has 0 saturated heterocycles. The minimum Gasteiger partial charge on any atom is -0.490 e. The first-order valence-corrected chi connectivity index (χ1v) is 7.50. The number of thiocarbonyl (C=S) groups is 1. The van der Waals surface area contributed by atoms with Gasteiger partial charge in [0.15, 0.2) is 16.6 Å². The Balaban J connectivity index is 2.91. The van der Waals surface area contributed by atoms with Gasteiger partial charge in [-0.3, -0.25) is 5.43 Å². The maximum atomic E-state index is 6.20. The largest absolute Gasteiger partial charge is 0.490 e. The van der Waals surface area contributed by atoms with E-state index in [1.807, 2.05) is 13.8 Å². The van der Waals surface area contributed by atoms with E-state index in [9.17, 15) is 0 Å². The fourth-order valence-electron chi connectivity index (χ4n) is 1.54. The minimum absolute atomic E-state index is 0.117. The number of halogens is 1. The molecule has 2 N–H and O–H groups in total. The molecule has 1 aromatic rings. The zero-order valence-electron chi connectivity index (χ0n) is 12.5. The normalized spacial score (nSPS) is 10.1. The van der Waals surface area contributed by atoms with Gasteiger partial charge in [0.05, 0.1) is 17.8 Å². The zero-order chi connectivity index (χ0) is 16.4. The zero-order valence-corrected chi connectivity index (χ0v) is 14.1. The summed E-state index contributed by atoms with van der Waals surface area (Å²) < 4.78 is 10.9. The highest BCUT2D eigenvalue weighted by molar-refractivity contribution is 7.80. The Hall–Kier alpha value is -1.97. The van der Waals surface area contributed by atoms with Gasteiger partial charge in [-0.1, -0.05) is 17.5 Å². The van der Waals surface area contributed by atoms with Crippen LogP contribution in [0.2, 0.25) is 5.02 Å². The van der Waals surface area contributed by atoms with Crippen LogP contribution in [0, 0.1) is 12.3 Å². The second-order valence-electron chi connectivity index (χ2n) is 3.99. The first kappa shape index (κ1) is 18.1. The maximum Gasteiger partial charge on any atom is 0.186 e. The van der Waals surface area contributed by atoms with Gasteiger partial charge in [-0.05, 0) is 43.8 Å². The van der Waals surface area contributed by atoms with Crippen molar-refractivity contribution in [2.45, 2.75) is 13.8 Å². The Kier molecular flexibility index (Phi) is 8.11. The molecule has 0 spiro atoms. The molecule has 0 radical (unpaired) electrons. The number of nitrogens with zero attached hydrogens (tertiary/aromatic N) is 1. The molecule has 7 heteroatoms. The van der Waals surface area contributed by atoms with Gasteiger partial charge in [0.2, 0.25) is 0 Å². The van der Waals surface area contributed by atoms with Crippen LogP contribution < -0.4 is 20.2 Å². The first-order valence-electron chi connectivity index (χ1n) is 6.71. The lowest BCUT2D eigenvalue weighted by Crippen LogP contribution is -2.31. The molecule has 1 aromatic carbocycles. The first-order chi connectivity index (χ1) is 10.6. The molecule has 0 aliphatic heterocycles. The number of rotatable bonds is 7. The van der Waals surface area contributed by atoms with Crippen molar-refractivity contribution in [3.8, 4) is 23.8 Å². The van der Waals surface area contributed by atoms with Crippen molar-refractivity contribution in [3.63, 3.8) is 0 Å². The van der Waals surface area contributed by atoms with Crippen molar-refractivity contribution in [2.24, 2.45) is 5.10 Å². The quantitative estimate of drug-likeness (QED) is 0.346. The summed E-state index contributed by atoms with van der Waals surface area (Å²) in [7, 11) is 0. The molecule has 0 fully saturated rings. The van der Waals surface area contributed by atoms with Gasteiger partial charge in [-0.2, -0.15) is 5.10 Å². The lowest BCUT2D eigenvalue weighted by Gasteiger charge is -2.12. The summed E-state index contributed by atoms with van der Waals surface area (Å²) in [6.07, 6.45) is 6.78. The Bertz CT molecular complexity index is 585. The highest BCUT2D eigenvalue weighted by Crippen LogP contribution is 2.36. The van der Waals surface area contributed by atoms with Gasteiger partial charge in [0, 0.05) is 6.54 Å². The third-order valence-corrected chi connectivity index (χ3v) is 2.86. The predicted octanol–water partition coefficient (Wildman–Crippen LogP) is 2.57. The average molecular weight is 340 g/mol. The summed E-state index contributed by atoms with van der Waals surface area (Å²) >= 11 is 11.2. The molecule has 0 heterocycles. The van der Waals surface area contributed by atoms with E-state index in [1.165, 1.54) is 0 Å². The summed E-state index contributed by atoms with van der Waals surface area (Å²) in [5.74, 6) is 3.33. The number of nitrogens with one attached hydrogen (secondary N) is 2. The van der Waals surface area contributed by atoms with Crippen LogP contribution in [0.4, 0.5) is 0 Å². The second kappa shape index (κ2) is 9.87. The van der Waals surface area contributed by atoms with Crippen LogP contribution >= 0.6 is 23.8 Å². The third-order valence-electron chi connectivity index (χ3n) is 2.35. The molecular weight excluding hydrogens is 322 g/mol. The van der Waals surface area contributed by atoms with Crippen LogP contribution in [0.25, 0.3) is 0 Å². The monoisotopic (exact) mass is 339 g/mol. The molecule has 0 saturated carbocycles. The van der Waals surface area contributed by atoms with E-state index in [0.717, 1.165) is 12.1 Å². The van der Waals surface area contributed by atoms with E-state index in [4.69, 9.17) is 39.7 Å². The maximum absolute atomic E-state index is 6.20. The Labute approximate surface area is 141 Å². The van der Waals surface area contributed by atoms with Crippen molar-refractivity contribution in [3.05, 3.63) is 22.7 Å². The predicted molar refractivity (Wildman–Crippen MR) is 94.0 cm³/mol. The molecule has 0 amide bonds. The second-order valence-corrected chi connectivity index (χ2v) is 4.80. The summed E-state index contributed by atoms with van der Waals surface area (Å²) in [4.78, 5) is 0. The summed E-state index contributed by atoms with van der Waals surface area (Å²) in [6.45, 7) is 5.14. The van der Waals surface area contributed by atoms with Crippen molar-refractivity contribution >= 4 is 35.1 Å². The van der Waals surface area contributed by atoms with Gasteiger partial charge in [-0.25, -0.2) is 0 Å². The van der Waals surface area contributed by atoms with Gasteiger partial charge in [0.1, 0.15) is 6.61 Å². The average Bonchev–Trinajstić information content (AvgIpc) is 2.47. The van der Waals surface area contributed by atoms with Crippen molar-refractivity contribution in [2.75, 3.05) is 19.8 Å². The number of terminal acetylenes is 1. The smallest absolute Gasteiger partial charge is 0.186 e. The number of hydrogen-bond acceptors (Lipinski definition) is 4. The number of hydrogen-bond donors (Lipinski definition) is 2. The molecule has 0 aromatic heterocycles. The molecule has 0 atom stereocenters. The lowest BCUT2D eigenvalue weighted by molar-refractivity contribution is 0.299. The number of benzene rings is 1. The Morgan fingerprint density at radius 1 is 1.45 bits per heavy atom. The molecule has 118 valence electrons. The van der Waals surface area contributed by atoms with E-state index in [0.29, 0.717) is 28.2 Å². The van der Waals surface area contributed by atoms with E-state index in [-0.39, 0.29) is 6.61 Å². The van der Waals surface area contributed by atoms with Crippen LogP contribution in [0.3, 0.4) is 0 Å². The van der Waals surface area contributed by atoms with Crippen LogP contribution in [-0.2, 0) is 0 Å². The number of ether oxygens (including phenoxy) is 2. The van der Waals surface area contributed by atoms with Crippen molar-refractivity contribution in [1.82, 2.24) is 10.7 Å². The lowest BCUT2D eigenvalue weighted by atomic mass is 10.2. The molecular formula is C15H18ClN3O2S. The summed E-state index contributed by atoms with van der Waals surface area (Å²) in [5.41, 5.74) is 3.44. The topological polar surface area (TPSA) is 54.9 Å². The van der Waals surface area contributed by atoms with Gasteiger partial charge in [-0.15, -0.1) is 6.42 Å².